The molecule has 150 valence electrons. The number of ether oxygens (including phenoxy) is 2. The molecule has 0 fully saturated rings. The Hall–Kier alpha value is -1.31. The molecule has 1 aromatic carbocycles. The molecule has 1 aromatic heterocycles. The summed E-state index contributed by atoms with van der Waals surface area (Å²) < 4.78 is 11.6. The van der Waals surface area contributed by atoms with Gasteiger partial charge in [-0.1, -0.05) is 38.8 Å². The van der Waals surface area contributed by atoms with Crippen molar-refractivity contribution in [2.24, 2.45) is 0 Å². The van der Waals surface area contributed by atoms with Gasteiger partial charge in [-0.2, -0.15) is 5.21 Å². The third-order valence-corrected chi connectivity index (χ3v) is 4.54. The van der Waals surface area contributed by atoms with E-state index in [0.717, 1.165) is 49.2 Å². The Morgan fingerprint density at radius 2 is 1.89 bits per heavy atom. The third kappa shape index (κ3) is 7.26. The van der Waals surface area contributed by atoms with Crippen molar-refractivity contribution in [2.75, 3.05) is 6.61 Å². The van der Waals surface area contributed by atoms with E-state index in [1.54, 1.807) is 6.07 Å². The molecule has 2 rings (SSSR count). The second-order valence-electron chi connectivity index (χ2n) is 7.73. The molecule has 0 atom stereocenters. The first-order valence-electron chi connectivity index (χ1n) is 9.72. The number of nitrogens with zero attached hydrogens (tertiary/aromatic N) is 3. The van der Waals surface area contributed by atoms with Crippen molar-refractivity contribution < 1.29 is 44.1 Å². The summed E-state index contributed by atoms with van der Waals surface area (Å²) in [7, 11) is 0. The van der Waals surface area contributed by atoms with Crippen molar-refractivity contribution in [1.82, 2.24) is 20.6 Å². The molecule has 2 N–H and O–H groups in total. The number of aromatic amines is 1. The molecule has 0 bridgehead atoms. The van der Waals surface area contributed by atoms with Gasteiger partial charge in [0, 0.05) is 11.5 Å². The van der Waals surface area contributed by atoms with E-state index in [-0.39, 0.29) is 46.8 Å². The maximum absolute atomic E-state index is 10.2. The predicted molar refractivity (Wildman–Crippen MR) is 104 cm³/mol. The standard InChI is InChI=1S/C20H32N4O3.Na/c1-6-15-12-18(27-14(2)3)16(25)13-17(15)26-11-9-7-8-10-20(4,5)19-21-23-24-22-19;/h12-14,25H,6-11H2,1-5H3,(H,21,22,23,24);/q;+1. The zero-order chi connectivity index (χ0) is 19.9. The molecule has 0 unspecified atom stereocenters. The minimum absolute atomic E-state index is 0. The minimum atomic E-state index is -0.0821. The van der Waals surface area contributed by atoms with Crippen LogP contribution >= 0.6 is 0 Å². The topological polar surface area (TPSA) is 93.1 Å². The number of tetrazole rings is 1. The van der Waals surface area contributed by atoms with E-state index in [0.29, 0.717) is 12.4 Å². The second kappa shape index (κ2) is 11.6. The molecule has 0 aliphatic rings. The molecule has 0 saturated heterocycles. The van der Waals surface area contributed by atoms with E-state index in [1.165, 1.54) is 0 Å². The largest absolute Gasteiger partial charge is 1.00 e. The normalized spacial score (nSPS) is 11.4. The zero-order valence-electron chi connectivity index (χ0n) is 18.1. The fourth-order valence-corrected chi connectivity index (χ4v) is 2.94. The van der Waals surface area contributed by atoms with Crippen LogP contribution in [-0.2, 0) is 11.8 Å². The number of aromatic nitrogens is 4. The first-order chi connectivity index (χ1) is 12.8. The average Bonchev–Trinajstić information content (AvgIpc) is 3.15. The number of aromatic hydroxyl groups is 1. The van der Waals surface area contributed by atoms with Gasteiger partial charge in [0.05, 0.1) is 12.7 Å². The summed E-state index contributed by atoms with van der Waals surface area (Å²) in [6.07, 6.45) is 4.92. The molecule has 1 heterocycles. The first kappa shape index (κ1) is 24.7. The summed E-state index contributed by atoms with van der Waals surface area (Å²) in [6.45, 7) is 10.8. The number of H-pyrrole nitrogens is 1. The van der Waals surface area contributed by atoms with Crippen molar-refractivity contribution >= 4 is 0 Å². The Kier molecular flexibility index (Phi) is 10.3. The number of rotatable bonds is 11. The fourth-order valence-electron chi connectivity index (χ4n) is 2.94. The maximum atomic E-state index is 10.2. The molecule has 0 saturated carbocycles. The van der Waals surface area contributed by atoms with E-state index >= 15 is 0 Å². The van der Waals surface area contributed by atoms with Gasteiger partial charge in [0.1, 0.15) is 5.75 Å². The van der Waals surface area contributed by atoms with Crippen LogP contribution in [0.3, 0.4) is 0 Å². The Balaban J connectivity index is 0.00000392. The molecule has 0 aliphatic heterocycles. The molecular formula is C20H32N4NaO3+. The monoisotopic (exact) mass is 399 g/mol. The van der Waals surface area contributed by atoms with Gasteiger partial charge in [-0.15, -0.1) is 10.2 Å². The Morgan fingerprint density at radius 3 is 2.50 bits per heavy atom. The molecule has 0 radical (unpaired) electrons. The SMILES string of the molecule is CCc1cc(OC(C)C)c(O)cc1OCCCCCC(C)(C)c1nn[nH]n1.[Na+]. The number of benzene rings is 1. The Labute approximate surface area is 189 Å². The van der Waals surface area contributed by atoms with Crippen molar-refractivity contribution in [3.8, 4) is 17.2 Å². The summed E-state index contributed by atoms with van der Waals surface area (Å²) >= 11 is 0. The number of hydrogen-bond donors (Lipinski definition) is 2. The molecule has 0 aliphatic carbocycles. The summed E-state index contributed by atoms with van der Waals surface area (Å²) in [5.41, 5.74) is 0.961. The number of hydrogen-bond acceptors (Lipinski definition) is 6. The Bertz CT molecular complexity index is 706. The van der Waals surface area contributed by atoms with Crippen LogP contribution in [0.1, 0.15) is 71.7 Å². The summed E-state index contributed by atoms with van der Waals surface area (Å²) in [4.78, 5) is 0. The van der Waals surface area contributed by atoms with Gasteiger partial charge in [-0.05, 0) is 44.7 Å². The molecule has 7 nitrogen and oxygen atoms in total. The van der Waals surface area contributed by atoms with Gasteiger partial charge < -0.3 is 14.6 Å². The van der Waals surface area contributed by atoms with Gasteiger partial charge in [-0.3, -0.25) is 0 Å². The quantitative estimate of drug-likeness (QED) is 0.435. The van der Waals surface area contributed by atoms with Crippen LogP contribution in [0.25, 0.3) is 0 Å². The summed E-state index contributed by atoms with van der Waals surface area (Å²) in [5.74, 6) is 2.12. The summed E-state index contributed by atoms with van der Waals surface area (Å²) in [5, 5.41) is 24.5. The molecule has 28 heavy (non-hydrogen) atoms. The molecule has 0 amide bonds. The van der Waals surface area contributed by atoms with Gasteiger partial charge in [0.2, 0.25) is 0 Å². The van der Waals surface area contributed by atoms with Crippen LogP contribution < -0.4 is 39.0 Å². The van der Waals surface area contributed by atoms with Crippen LogP contribution in [0.4, 0.5) is 0 Å². The van der Waals surface area contributed by atoms with Crippen molar-refractivity contribution in [3.63, 3.8) is 0 Å². The van der Waals surface area contributed by atoms with E-state index in [1.807, 2.05) is 19.9 Å². The van der Waals surface area contributed by atoms with Crippen LogP contribution in [0, 0.1) is 0 Å². The smallest absolute Gasteiger partial charge is 0.504 e. The average molecular weight is 399 g/mol. The van der Waals surface area contributed by atoms with Crippen molar-refractivity contribution in [3.05, 3.63) is 23.5 Å². The van der Waals surface area contributed by atoms with Gasteiger partial charge in [0.25, 0.3) is 0 Å². The molecule has 8 heteroatoms. The fraction of sp³-hybridized carbons (Fsp3) is 0.650. The van der Waals surface area contributed by atoms with Crippen LogP contribution in [0.5, 0.6) is 17.2 Å². The predicted octanol–water partition coefficient (Wildman–Crippen LogP) is 1.18. The Morgan fingerprint density at radius 1 is 1.14 bits per heavy atom. The number of nitrogens with one attached hydrogen (secondary N) is 1. The number of phenols is 1. The van der Waals surface area contributed by atoms with E-state index in [4.69, 9.17) is 9.47 Å². The van der Waals surface area contributed by atoms with E-state index < -0.39 is 0 Å². The summed E-state index contributed by atoms with van der Waals surface area (Å²) in [6, 6.07) is 3.54. The number of aryl methyl sites for hydroxylation is 1. The van der Waals surface area contributed by atoms with Gasteiger partial charge in [0.15, 0.2) is 17.3 Å². The maximum Gasteiger partial charge on any atom is 1.00 e. The van der Waals surface area contributed by atoms with Gasteiger partial charge >= 0.3 is 29.6 Å². The van der Waals surface area contributed by atoms with Crippen molar-refractivity contribution in [2.45, 2.75) is 78.2 Å². The number of unbranched alkanes of at least 4 members (excludes halogenated alkanes) is 2. The number of phenolic OH excluding ortho intramolecular Hbond substituents is 1. The van der Waals surface area contributed by atoms with Crippen LogP contribution in [0.2, 0.25) is 0 Å². The molecule has 0 spiro atoms. The van der Waals surface area contributed by atoms with Crippen LogP contribution in [0.15, 0.2) is 12.1 Å². The zero-order valence-corrected chi connectivity index (χ0v) is 20.1. The first-order valence-corrected chi connectivity index (χ1v) is 9.72. The van der Waals surface area contributed by atoms with Gasteiger partial charge in [-0.25, -0.2) is 0 Å². The van der Waals surface area contributed by atoms with Crippen LogP contribution in [-0.4, -0.2) is 38.4 Å². The third-order valence-electron chi connectivity index (χ3n) is 4.54. The molecular weight excluding hydrogens is 367 g/mol. The van der Waals surface area contributed by atoms with E-state index in [2.05, 4.69) is 41.4 Å². The second-order valence-corrected chi connectivity index (χ2v) is 7.73. The minimum Gasteiger partial charge on any atom is -0.504 e. The van der Waals surface area contributed by atoms with Crippen molar-refractivity contribution in [1.29, 1.82) is 0 Å². The van der Waals surface area contributed by atoms with E-state index in [9.17, 15) is 5.11 Å². The molecule has 2 aromatic rings.